The van der Waals surface area contributed by atoms with Crippen LogP contribution in [0.5, 0.6) is 11.6 Å². The average molecular weight is 296 g/mol. The van der Waals surface area contributed by atoms with Crippen molar-refractivity contribution in [3.63, 3.8) is 0 Å². The molecule has 0 aliphatic rings. The van der Waals surface area contributed by atoms with E-state index in [0.29, 0.717) is 16.3 Å². The molecule has 2 aromatic rings. The van der Waals surface area contributed by atoms with Crippen molar-refractivity contribution in [1.29, 1.82) is 5.41 Å². The Kier molecular flexibility index (Phi) is 3.93. The summed E-state index contributed by atoms with van der Waals surface area (Å²) in [6, 6.07) is 6.93. The van der Waals surface area contributed by atoms with Gasteiger partial charge < -0.3 is 10.5 Å². The summed E-state index contributed by atoms with van der Waals surface area (Å²) < 4.78 is 5.58. The van der Waals surface area contributed by atoms with E-state index in [2.05, 4.69) is 4.98 Å². The number of nitrogen functional groups attached to an aromatic ring is 1. The van der Waals surface area contributed by atoms with E-state index in [1.54, 1.807) is 18.2 Å². The lowest BCUT2D eigenvalue weighted by molar-refractivity contribution is 0.463. The third-order valence-corrected chi connectivity index (χ3v) is 3.12. The number of amidine groups is 1. The molecule has 1 aromatic carbocycles. The molecule has 0 amide bonds. The fourth-order valence-electron chi connectivity index (χ4n) is 1.50. The van der Waals surface area contributed by atoms with Crippen LogP contribution in [0.2, 0.25) is 10.0 Å². The Morgan fingerprint density at radius 1 is 1.32 bits per heavy atom. The molecular weight excluding hydrogens is 285 g/mol. The van der Waals surface area contributed by atoms with Crippen LogP contribution in [0, 0.1) is 12.3 Å². The van der Waals surface area contributed by atoms with Crippen LogP contribution in [-0.2, 0) is 0 Å². The summed E-state index contributed by atoms with van der Waals surface area (Å²) in [4.78, 5) is 4.02. The highest BCUT2D eigenvalue weighted by atomic mass is 35.5. The Morgan fingerprint density at radius 3 is 2.74 bits per heavy atom. The van der Waals surface area contributed by atoms with Crippen LogP contribution >= 0.6 is 23.2 Å². The molecule has 0 aliphatic heterocycles. The number of benzene rings is 1. The van der Waals surface area contributed by atoms with Gasteiger partial charge in [-0.3, -0.25) is 5.41 Å². The number of rotatable bonds is 3. The molecule has 3 N–H and O–H groups in total. The number of hydrogen-bond acceptors (Lipinski definition) is 3. The summed E-state index contributed by atoms with van der Waals surface area (Å²) >= 11 is 12.1. The molecule has 98 valence electrons. The van der Waals surface area contributed by atoms with Crippen molar-refractivity contribution < 1.29 is 4.74 Å². The summed E-state index contributed by atoms with van der Waals surface area (Å²) in [7, 11) is 0. The quantitative estimate of drug-likeness (QED) is 0.669. The van der Waals surface area contributed by atoms with Crippen LogP contribution in [0.3, 0.4) is 0 Å². The Hall–Kier alpha value is -1.78. The third kappa shape index (κ3) is 2.97. The third-order valence-electron chi connectivity index (χ3n) is 2.44. The van der Waals surface area contributed by atoms with E-state index in [1.807, 2.05) is 13.0 Å². The number of pyridine rings is 1. The average Bonchev–Trinajstić information content (AvgIpc) is 2.36. The first-order chi connectivity index (χ1) is 8.99. The monoisotopic (exact) mass is 295 g/mol. The minimum Gasteiger partial charge on any atom is -0.436 e. The van der Waals surface area contributed by atoms with Gasteiger partial charge in [-0.05, 0) is 30.7 Å². The molecule has 0 saturated carbocycles. The molecule has 0 atom stereocenters. The van der Waals surface area contributed by atoms with E-state index >= 15 is 0 Å². The van der Waals surface area contributed by atoms with Gasteiger partial charge in [0.2, 0.25) is 5.88 Å². The molecule has 1 heterocycles. The topological polar surface area (TPSA) is 72.0 Å². The highest BCUT2D eigenvalue weighted by Crippen LogP contribution is 2.33. The van der Waals surface area contributed by atoms with Crippen molar-refractivity contribution in [2.24, 2.45) is 5.73 Å². The molecule has 4 nitrogen and oxygen atoms in total. The van der Waals surface area contributed by atoms with Gasteiger partial charge in [0.05, 0.1) is 5.02 Å². The van der Waals surface area contributed by atoms with Gasteiger partial charge in [-0.25, -0.2) is 4.98 Å². The van der Waals surface area contributed by atoms with Gasteiger partial charge in [0.1, 0.15) is 16.6 Å². The fourth-order valence-corrected chi connectivity index (χ4v) is 1.90. The predicted octanol–water partition coefficient (Wildman–Crippen LogP) is 3.77. The van der Waals surface area contributed by atoms with Crippen molar-refractivity contribution in [3.8, 4) is 11.6 Å². The lowest BCUT2D eigenvalue weighted by Crippen LogP contribution is -2.12. The molecule has 0 bridgehead atoms. The standard InChI is InChI=1S/C13H11Cl2N3O/c1-7-2-3-9(14)10(6-7)19-13-11(15)8(12(16)17)4-5-18-13/h2-6H,1H3,(H3,16,17). The van der Waals surface area contributed by atoms with E-state index in [-0.39, 0.29) is 16.7 Å². The van der Waals surface area contributed by atoms with E-state index in [1.165, 1.54) is 6.20 Å². The second kappa shape index (κ2) is 5.47. The Labute approximate surface area is 120 Å². The van der Waals surface area contributed by atoms with E-state index in [0.717, 1.165) is 5.56 Å². The molecule has 0 spiro atoms. The maximum atomic E-state index is 7.41. The number of aromatic nitrogens is 1. The van der Waals surface area contributed by atoms with E-state index in [4.69, 9.17) is 39.1 Å². The van der Waals surface area contributed by atoms with Gasteiger partial charge in [0, 0.05) is 11.8 Å². The number of aryl methyl sites for hydroxylation is 1. The first-order valence-electron chi connectivity index (χ1n) is 5.42. The fraction of sp³-hybridized carbons (Fsp3) is 0.0769. The highest BCUT2D eigenvalue weighted by molar-refractivity contribution is 6.35. The SMILES string of the molecule is Cc1ccc(Cl)c(Oc2nccc(C(=N)N)c2Cl)c1. The van der Waals surface area contributed by atoms with Crippen molar-refractivity contribution in [2.75, 3.05) is 0 Å². The van der Waals surface area contributed by atoms with Crippen LogP contribution in [0.25, 0.3) is 0 Å². The molecule has 0 unspecified atom stereocenters. The van der Waals surface area contributed by atoms with Crippen LogP contribution in [-0.4, -0.2) is 10.8 Å². The molecule has 19 heavy (non-hydrogen) atoms. The van der Waals surface area contributed by atoms with Crippen LogP contribution < -0.4 is 10.5 Å². The summed E-state index contributed by atoms with van der Waals surface area (Å²) in [5.41, 5.74) is 6.79. The first-order valence-corrected chi connectivity index (χ1v) is 6.17. The molecule has 0 fully saturated rings. The second-order valence-corrected chi connectivity index (χ2v) is 4.71. The van der Waals surface area contributed by atoms with Crippen molar-refractivity contribution in [2.45, 2.75) is 6.92 Å². The first kappa shape index (κ1) is 13.6. The number of nitrogens with two attached hydrogens (primary N) is 1. The molecule has 0 saturated heterocycles. The van der Waals surface area contributed by atoms with Gasteiger partial charge in [-0.2, -0.15) is 0 Å². The lowest BCUT2D eigenvalue weighted by atomic mass is 10.2. The van der Waals surface area contributed by atoms with Gasteiger partial charge in [0.15, 0.2) is 0 Å². The Morgan fingerprint density at radius 2 is 2.05 bits per heavy atom. The largest absolute Gasteiger partial charge is 0.436 e. The van der Waals surface area contributed by atoms with Crippen LogP contribution in [0.1, 0.15) is 11.1 Å². The smallest absolute Gasteiger partial charge is 0.238 e. The molecule has 1 aromatic heterocycles. The molecule has 2 rings (SSSR count). The zero-order valence-corrected chi connectivity index (χ0v) is 11.6. The van der Waals surface area contributed by atoms with Crippen LogP contribution in [0.15, 0.2) is 30.5 Å². The minimum atomic E-state index is -0.146. The predicted molar refractivity (Wildman–Crippen MR) is 76.5 cm³/mol. The van der Waals surface area contributed by atoms with Crippen molar-refractivity contribution in [3.05, 3.63) is 51.6 Å². The second-order valence-electron chi connectivity index (χ2n) is 3.93. The number of hydrogen-bond donors (Lipinski definition) is 2. The van der Waals surface area contributed by atoms with Crippen molar-refractivity contribution >= 4 is 29.0 Å². The number of halogens is 2. The molecule has 6 heteroatoms. The molecule has 0 radical (unpaired) electrons. The summed E-state index contributed by atoms with van der Waals surface area (Å²) in [5.74, 6) is 0.478. The van der Waals surface area contributed by atoms with Gasteiger partial charge in [-0.1, -0.05) is 29.3 Å². The van der Waals surface area contributed by atoms with E-state index in [9.17, 15) is 0 Å². The Bertz CT molecular complexity index is 644. The molecule has 0 aliphatic carbocycles. The van der Waals surface area contributed by atoms with Gasteiger partial charge >= 0.3 is 0 Å². The zero-order valence-electron chi connectivity index (χ0n) is 10.1. The zero-order chi connectivity index (χ0) is 14.0. The lowest BCUT2D eigenvalue weighted by Gasteiger charge is -2.10. The summed E-state index contributed by atoms with van der Waals surface area (Å²) in [6.07, 6.45) is 1.47. The maximum absolute atomic E-state index is 7.41. The highest BCUT2D eigenvalue weighted by Gasteiger charge is 2.13. The summed E-state index contributed by atoms with van der Waals surface area (Å²) in [6.45, 7) is 1.92. The number of nitrogens with one attached hydrogen (secondary N) is 1. The number of nitrogens with zero attached hydrogens (tertiary/aromatic N) is 1. The Balaban J connectivity index is 2.41. The van der Waals surface area contributed by atoms with Gasteiger partial charge in [-0.15, -0.1) is 0 Å². The summed E-state index contributed by atoms with van der Waals surface area (Å²) in [5, 5.41) is 8.06. The van der Waals surface area contributed by atoms with Gasteiger partial charge in [0.25, 0.3) is 0 Å². The normalized spacial score (nSPS) is 10.3. The number of ether oxygens (including phenoxy) is 1. The minimum absolute atomic E-state index is 0.146. The van der Waals surface area contributed by atoms with Crippen molar-refractivity contribution in [1.82, 2.24) is 4.98 Å². The maximum Gasteiger partial charge on any atom is 0.238 e. The van der Waals surface area contributed by atoms with E-state index < -0.39 is 0 Å². The van der Waals surface area contributed by atoms with Crippen LogP contribution in [0.4, 0.5) is 0 Å². The molecular formula is C13H11Cl2N3O.